The summed E-state index contributed by atoms with van der Waals surface area (Å²) in [5.74, 6) is 1.32. The van der Waals surface area contributed by atoms with E-state index in [0.29, 0.717) is 23.9 Å². The molecule has 0 radical (unpaired) electrons. The number of benzene rings is 1. The van der Waals surface area contributed by atoms with Crippen LogP contribution in [0.1, 0.15) is 17.0 Å². The first kappa shape index (κ1) is 13.0. The first-order valence-electron chi connectivity index (χ1n) is 5.83. The number of aromatic nitrogens is 3. The molecule has 1 heterocycles. The second-order valence-electron chi connectivity index (χ2n) is 4.34. The molecule has 1 N–H and O–H groups in total. The second kappa shape index (κ2) is 5.05. The van der Waals surface area contributed by atoms with E-state index in [1.165, 1.54) is 0 Å². The summed E-state index contributed by atoms with van der Waals surface area (Å²) in [6, 6.07) is 5.18. The van der Waals surface area contributed by atoms with Gasteiger partial charge in [-0.25, -0.2) is 4.68 Å². The van der Waals surface area contributed by atoms with Gasteiger partial charge in [0.15, 0.2) is 0 Å². The maximum atomic E-state index is 10.9. The molecule has 2 aromatic rings. The van der Waals surface area contributed by atoms with E-state index in [1.54, 1.807) is 30.8 Å². The SMILES string of the molecule is Cc1nc(NCc2ccc(C)c([N+](=O)[O-])c2)n(C)n1. The number of anilines is 1. The van der Waals surface area contributed by atoms with E-state index >= 15 is 0 Å². The molecule has 0 amide bonds. The lowest BCUT2D eigenvalue weighted by Gasteiger charge is -2.06. The lowest BCUT2D eigenvalue weighted by Crippen LogP contribution is -2.06. The molecule has 0 aliphatic carbocycles. The lowest BCUT2D eigenvalue weighted by molar-refractivity contribution is -0.385. The molecule has 0 unspecified atom stereocenters. The largest absolute Gasteiger partial charge is 0.350 e. The summed E-state index contributed by atoms with van der Waals surface area (Å²) in [4.78, 5) is 14.7. The van der Waals surface area contributed by atoms with Crippen molar-refractivity contribution in [2.75, 3.05) is 5.32 Å². The van der Waals surface area contributed by atoms with Gasteiger partial charge in [0.25, 0.3) is 5.69 Å². The van der Waals surface area contributed by atoms with Crippen molar-refractivity contribution in [2.24, 2.45) is 7.05 Å². The van der Waals surface area contributed by atoms with Crippen LogP contribution in [0.5, 0.6) is 0 Å². The molecule has 2 rings (SSSR count). The zero-order chi connectivity index (χ0) is 14.0. The Morgan fingerprint density at radius 2 is 2.16 bits per heavy atom. The maximum absolute atomic E-state index is 10.9. The maximum Gasteiger partial charge on any atom is 0.272 e. The Labute approximate surface area is 110 Å². The number of hydrogen-bond acceptors (Lipinski definition) is 5. The van der Waals surface area contributed by atoms with Gasteiger partial charge < -0.3 is 5.32 Å². The van der Waals surface area contributed by atoms with Gasteiger partial charge in [-0.3, -0.25) is 10.1 Å². The zero-order valence-electron chi connectivity index (χ0n) is 11.0. The molecular formula is C12H15N5O2. The van der Waals surface area contributed by atoms with E-state index in [-0.39, 0.29) is 10.6 Å². The Morgan fingerprint density at radius 3 is 2.74 bits per heavy atom. The second-order valence-corrected chi connectivity index (χ2v) is 4.34. The summed E-state index contributed by atoms with van der Waals surface area (Å²) < 4.78 is 1.64. The van der Waals surface area contributed by atoms with Gasteiger partial charge in [-0.05, 0) is 19.4 Å². The van der Waals surface area contributed by atoms with Gasteiger partial charge in [0.1, 0.15) is 5.82 Å². The molecule has 7 nitrogen and oxygen atoms in total. The molecule has 1 aromatic heterocycles. The standard InChI is InChI=1S/C12H15N5O2/c1-8-4-5-10(6-11(8)17(18)19)7-13-12-14-9(2)15-16(12)3/h4-6H,7H2,1-3H3,(H,13,14,15). The lowest BCUT2D eigenvalue weighted by atomic mass is 10.1. The monoisotopic (exact) mass is 261 g/mol. The number of nitro benzene ring substituents is 1. The summed E-state index contributed by atoms with van der Waals surface area (Å²) in [5, 5.41) is 18.1. The van der Waals surface area contributed by atoms with Gasteiger partial charge >= 0.3 is 0 Å². The molecule has 100 valence electrons. The highest BCUT2D eigenvalue weighted by Crippen LogP contribution is 2.19. The van der Waals surface area contributed by atoms with Crippen LogP contribution in [0.2, 0.25) is 0 Å². The van der Waals surface area contributed by atoms with E-state index in [0.717, 1.165) is 5.56 Å². The minimum absolute atomic E-state index is 0.133. The van der Waals surface area contributed by atoms with Crippen molar-refractivity contribution in [3.05, 3.63) is 45.3 Å². The number of aryl methyl sites for hydroxylation is 3. The van der Waals surface area contributed by atoms with Crippen molar-refractivity contribution in [1.82, 2.24) is 14.8 Å². The molecule has 0 aliphatic heterocycles. The number of nitrogens with one attached hydrogen (secondary N) is 1. The number of nitrogens with zero attached hydrogens (tertiary/aromatic N) is 4. The topological polar surface area (TPSA) is 85.9 Å². The smallest absolute Gasteiger partial charge is 0.272 e. The van der Waals surface area contributed by atoms with Crippen LogP contribution in [0.15, 0.2) is 18.2 Å². The van der Waals surface area contributed by atoms with E-state index in [2.05, 4.69) is 15.4 Å². The first-order valence-corrected chi connectivity index (χ1v) is 5.83. The molecule has 0 bridgehead atoms. The van der Waals surface area contributed by atoms with Crippen molar-refractivity contribution >= 4 is 11.6 Å². The molecular weight excluding hydrogens is 246 g/mol. The Balaban J connectivity index is 2.14. The van der Waals surface area contributed by atoms with Gasteiger partial charge in [0, 0.05) is 25.2 Å². The van der Waals surface area contributed by atoms with E-state index in [1.807, 2.05) is 13.0 Å². The quantitative estimate of drug-likeness (QED) is 0.671. The highest BCUT2D eigenvalue weighted by atomic mass is 16.6. The predicted octanol–water partition coefficient (Wildman–Crippen LogP) is 1.95. The minimum atomic E-state index is -0.370. The number of rotatable bonds is 4. The van der Waals surface area contributed by atoms with Crippen molar-refractivity contribution in [3.63, 3.8) is 0 Å². The van der Waals surface area contributed by atoms with Gasteiger partial charge in [0.2, 0.25) is 5.95 Å². The van der Waals surface area contributed by atoms with Crippen molar-refractivity contribution in [1.29, 1.82) is 0 Å². The molecule has 0 saturated heterocycles. The van der Waals surface area contributed by atoms with Crippen LogP contribution in [0.4, 0.5) is 11.6 Å². The Kier molecular flexibility index (Phi) is 3.46. The Morgan fingerprint density at radius 1 is 1.42 bits per heavy atom. The van der Waals surface area contributed by atoms with Gasteiger partial charge in [0.05, 0.1) is 4.92 Å². The Bertz CT molecular complexity index is 621. The fourth-order valence-corrected chi connectivity index (χ4v) is 1.81. The van der Waals surface area contributed by atoms with Gasteiger partial charge in [-0.2, -0.15) is 10.1 Å². The van der Waals surface area contributed by atoms with Crippen LogP contribution >= 0.6 is 0 Å². The fraction of sp³-hybridized carbons (Fsp3) is 0.333. The van der Waals surface area contributed by atoms with Gasteiger partial charge in [-0.15, -0.1) is 0 Å². The normalized spacial score (nSPS) is 10.5. The van der Waals surface area contributed by atoms with E-state index in [9.17, 15) is 10.1 Å². The van der Waals surface area contributed by atoms with Gasteiger partial charge in [-0.1, -0.05) is 12.1 Å². The molecule has 0 fully saturated rings. The summed E-state index contributed by atoms with van der Waals surface area (Å²) in [7, 11) is 1.79. The molecule has 0 saturated carbocycles. The van der Waals surface area contributed by atoms with Crippen LogP contribution in [-0.2, 0) is 13.6 Å². The van der Waals surface area contributed by atoms with E-state index in [4.69, 9.17) is 0 Å². The molecule has 19 heavy (non-hydrogen) atoms. The van der Waals surface area contributed by atoms with Crippen LogP contribution in [0.25, 0.3) is 0 Å². The highest BCUT2D eigenvalue weighted by Gasteiger charge is 2.11. The highest BCUT2D eigenvalue weighted by molar-refractivity contribution is 5.43. The Hall–Kier alpha value is -2.44. The minimum Gasteiger partial charge on any atom is -0.350 e. The molecule has 7 heteroatoms. The fourth-order valence-electron chi connectivity index (χ4n) is 1.81. The van der Waals surface area contributed by atoms with Crippen molar-refractivity contribution < 1.29 is 4.92 Å². The third-order valence-corrected chi connectivity index (χ3v) is 2.79. The third-order valence-electron chi connectivity index (χ3n) is 2.79. The van der Waals surface area contributed by atoms with Crippen LogP contribution < -0.4 is 5.32 Å². The average Bonchev–Trinajstić information content (AvgIpc) is 2.66. The van der Waals surface area contributed by atoms with Crippen molar-refractivity contribution in [2.45, 2.75) is 20.4 Å². The summed E-state index contributed by atoms with van der Waals surface area (Å²) >= 11 is 0. The average molecular weight is 261 g/mol. The molecule has 0 spiro atoms. The molecule has 1 aromatic carbocycles. The number of nitro groups is 1. The summed E-state index contributed by atoms with van der Waals surface area (Å²) in [6.07, 6.45) is 0. The van der Waals surface area contributed by atoms with Crippen molar-refractivity contribution in [3.8, 4) is 0 Å². The molecule has 0 aliphatic rings. The van der Waals surface area contributed by atoms with Crippen LogP contribution in [0, 0.1) is 24.0 Å². The predicted molar refractivity (Wildman–Crippen MR) is 70.9 cm³/mol. The summed E-state index contributed by atoms with van der Waals surface area (Å²) in [6.45, 7) is 4.00. The third kappa shape index (κ3) is 2.87. The number of hydrogen-bond donors (Lipinski definition) is 1. The van der Waals surface area contributed by atoms with Crippen LogP contribution in [0.3, 0.4) is 0 Å². The first-order chi connectivity index (χ1) is 8.97. The summed E-state index contributed by atoms with van der Waals surface area (Å²) in [5.41, 5.74) is 1.62. The van der Waals surface area contributed by atoms with E-state index < -0.39 is 0 Å². The van der Waals surface area contributed by atoms with Crippen LogP contribution in [-0.4, -0.2) is 19.7 Å². The molecule has 0 atom stereocenters. The zero-order valence-corrected chi connectivity index (χ0v) is 11.0.